The topological polar surface area (TPSA) is 240 Å². The van der Waals surface area contributed by atoms with Crippen molar-refractivity contribution in [3.63, 3.8) is 0 Å². The number of carboxylic acids is 1. The molecule has 0 bridgehead atoms. The summed E-state index contributed by atoms with van der Waals surface area (Å²) in [5, 5.41) is 10.1. The number of anilines is 3. The number of hydrogen-bond donors (Lipinski definition) is 5. The van der Waals surface area contributed by atoms with Crippen LogP contribution in [0, 0.1) is 18.2 Å². The highest BCUT2D eigenvalue weighted by Crippen LogP contribution is 2.42. The van der Waals surface area contributed by atoms with E-state index < -0.39 is 66.2 Å². The number of nitrogens with one attached hydrogen (secondary N) is 2. The molecule has 278 valence electrons. The summed E-state index contributed by atoms with van der Waals surface area (Å²) < 4.78 is 56.8. The van der Waals surface area contributed by atoms with Gasteiger partial charge in [-0.05, 0) is 57.7 Å². The van der Waals surface area contributed by atoms with Crippen LogP contribution in [0.3, 0.4) is 0 Å². The van der Waals surface area contributed by atoms with Crippen molar-refractivity contribution in [2.75, 3.05) is 40.5 Å². The van der Waals surface area contributed by atoms with Crippen LogP contribution in [0.25, 0.3) is 0 Å². The number of imide groups is 1. The van der Waals surface area contributed by atoms with Crippen molar-refractivity contribution in [2.24, 2.45) is 0 Å². The maximum atomic E-state index is 14.7. The van der Waals surface area contributed by atoms with E-state index in [0.717, 1.165) is 28.1 Å². The minimum absolute atomic E-state index is 0.0170. The molecule has 0 atom stereocenters. The van der Waals surface area contributed by atoms with Gasteiger partial charge < -0.3 is 19.6 Å². The molecule has 1 aliphatic carbocycles. The Hall–Kier alpha value is -5.12. The Morgan fingerprint density at radius 3 is 2.23 bits per heavy atom. The number of para-hydroxylation sites is 1. The average Bonchev–Trinajstić information content (AvgIpc) is 3.30. The van der Waals surface area contributed by atoms with E-state index in [1.165, 1.54) is 11.0 Å². The number of ether oxygens (including phenoxy) is 1. The Bertz CT molecular complexity index is 2010. The molecule has 20 heteroatoms. The number of carbonyl (C=O) groups excluding carboxylic acids is 4. The average molecular weight is 764 g/mol. The predicted molar refractivity (Wildman–Crippen MR) is 184 cm³/mol. The van der Waals surface area contributed by atoms with Gasteiger partial charge in [-0.15, -0.1) is 6.42 Å². The third kappa shape index (κ3) is 8.84. The zero-order chi connectivity index (χ0) is 38.5. The molecule has 4 amide bonds. The minimum Gasteiger partial charge on any atom is -0.481 e. The van der Waals surface area contributed by atoms with Crippen LogP contribution in [0.2, 0.25) is 0 Å². The van der Waals surface area contributed by atoms with Crippen molar-refractivity contribution in [1.82, 2.24) is 9.62 Å². The quantitative estimate of drug-likeness (QED) is 0.154. The lowest BCUT2D eigenvalue weighted by Crippen LogP contribution is -2.48. The summed E-state index contributed by atoms with van der Waals surface area (Å²) in [5.74, 6) is -1.22. The molecule has 0 unspecified atom stereocenters. The molecule has 2 aromatic carbocycles. The lowest BCUT2D eigenvalue weighted by Gasteiger charge is -2.31. The maximum absolute atomic E-state index is 14.7. The van der Waals surface area contributed by atoms with Crippen molar-refractivity contribution >= 4 is 64.5 Å². The van der Waals surface area contributed by atoms with Crippen molar-refractivity contribution in [1.29, 1.82) is 0 Å². The normalized spacial score (nSPS) is 17.4. The molecule has 17 nitrogen and oxygen atoms in total. The highest BCUT2D eigenvalue weighted by molar-refractivity contribution is 7.91. The molecule has 0 saturated carbocycles. The highest BCUT2D eigenvalue weighted by atomic mass is 32.2. The van der Waals surface area contributed by atoms with Gasteiger partial charge in [0.15, 0.2) is 12.4 Å². The summed E-state index contributed by atoms with van der Waals surface area (Å²) in [7, 11) is -7.85. The van der Waals surface area contributed by atoms with Crippen LogP contribution in [0.4, 0.5) is 21.5 Å². The number of hydrogen-bond acceptors (Lipinski definition) is 10. The summed E-state index contributed by atoms with van der Waals surface area (Å²) >= 11 is 0. The third-order valence-corrected chi connectivity index (χ3v) is 9.99. The van der Waals surface area contributed by atoms with E-state index >= 15 is 0 Å². The summed E-state index contributed by atoms with van der Waals surface area (Å²) in [6.07, 6.45) is 7.41. The predicted octanol–water partition coefficient (Wildman–Crippen LogP) is 1.93. The van der Waals surface area contributed by atoms with Gasteiger partial charge in [-0.25, -0.2) is 13.6 Å². The number of fused-ring (bicyclic) bond motifs is 2. The Kier molecular flexibility index (Phi) is 12.2. The molecule has 6 rings (SSSR count). The van der Waals surface area contributed by atoms with E-state index in [1.807, 2.05) is 0 Å². The maximum Gasteiger partial charge on any atom is 0.339 e. The smallest absolute Gasteiger partial charge is 0.339 e. The second-order valence-electron chi connectivity index (χ2n) is 11.8. The Morgan fingerprint density at radius 2 is 1.67 bits per heavy atom. The second-order valence-corrected chi connectivity index (χ2v) is 15.0. The van der Waals surface area contributed by atoms with Gasteiger partial charge >= 0.3 is 23.8 Å². The van der Waals surface area contributed by atoms with Crippen LogP contribution in [-0.4, -0.2) is 89.2 Å². The standard InChI is InChI=1S/C19H15FN2O4.C10H12N2O3S.C3H8NO5P/c1-2-7-21-15-9-14(13(20)8-16(15)26-10-17(21)23)22-18(24)11-5-3-4-6-12(11)19(22)25;1-7(2)12-10(13)8-5-3-4-6-9(8)11-16(12,14)15;5-3(6)1-4-2-10(7,8)9/h1,8-9H,3-7,10H2;3-7,11H,1-2H3;4H,1-2H2,(H,5,6)(H2,7,8,9). The summed E-state index contributed by atoms with van der Waals surface area (Å²) in [6, 6.07) is 8.52. The molecule has 0 radical (unpaired) electrons. The van der Waals surface area contributed by atoms with Crippen LogP contribution >= 0.6 is 7.60 Å². The van der Waals surface area contributed by atoms with Crippen molar-refractivity contribution in [3.05, 3.63) is 58.9 Å². The number of nitrogens with zero attached hydrogens (tertiary/aromatic N) is 3. The van der Waals surface area contributed by atoms with Gasteiger partial charge in [-0.3, -0.25) is 43.5 Å². The first-order valence-electron chi connectivity index (χ1n) is 15.6. The molecule has 52 heavy (non-hydrogen) atoms. The number of rotatable bonds is 7. The van der Waals surface area contributed by atoms with Gasteiger partial charge in [0.1, 0.15) is 5.75 Å². The molecule has 5 N–H and O–H groups in total. The van der Waals surface area contributed by atoms with Crippen molar-refractivity contribution in [2.45, 2.75) is 45.6 Å². The zero-order valence-electron chi connectivity index (χ0n) is 27.9. The van der Waals surface area contributed by atoms with Gasteiger partial charge in [0.2, 0.25) is 0 Å². The van der Waals surface area contributed by atoms with Gasteiger partial charge in [-0.2, -0.15) is 8.42 Å². The molecular formula is C32H35FN5O12PS. The van der Waals surface area contributed by atoms with Crippen molar-refractivity contribution in [3.8, 4) is 18.1 Å². The van der Waals surface area contributed by atoms with E-state index in [-0.39, 0.29) is 36.2 Å². The lowest BCUT2D eigenvalue weighted by molar-refractivity contribution is -0.136. The molecule has 0 spiro atoms. The van der Waals surface area contributed by atoms with Crippen LogP contribution < -0.4 is 24.6 Å². The number of halogens is 1. The number of aliphatic carboxylic acids is 1. The van der Waals surface area contributed by atoms with E-state index in [2.05, 4.69) is 16.0 Å². The SMILES string of the molecule is C#CCN1C(=O)COc2cc(F)c(N3C(=O)C4=C(CCCC4)C3=O)cc21.CC(C)N1C(=O)c2ccccc2NS1(=O)=O.O=C(O)CNCP(=O)(O)O. The fraction of sp³-hybridized carbons (Fsp3) is 0.344. The van der Waals surface area contributed by atoms with E-state index in [0.29, 0.717) is 35.2 Å². The lowest BCUT2D eigenvalue weighted by atomic mass is 9.93. The van der Waals surface area contributed by atoms with Crippen LogP contribution in [0.15, 0.2) is 47.5 Å². The number of carboxylic acid groups (broad SMARTS) is 1. The number of benzene rings is 2. The number of carbonyl (C=O) groups is 5. The van der Waals surface area contributed by atoms with Crippen LogP contribution in [-0.2, 0) is 34.0 Å². The van der Waals surface area contributed by atoms with Gasteiger partial charge in [0.25, 0.3) is 23.6 Å². The minimum atomic E-state index is -4.10. The monoisotopic (exact) mass is 763 g/mol. The molecule has 0 aromatic heterocycles. The fourth-order valence-electron chi connectivity index (χ4n) is 5.60. The van der Waals surface area contributed by atoms with Crippen molar-refractivity contribution < 1.29 is 61.0 Å². The Labute approximate surface area is 297 Å². The fourth-order valence-corrected chi connectivity index (χ4v) is 7.43. The van der Waals surface area contributed by atoms with E-state index in [9.17, 15) is 41.3 Å². The zero-order valence-corrected chi connectivity index (χ0v) is 29.6. The Morgan fingerprint density at radius 1 is 1.06 bits per heavy atom. The molecule has 2 aromatic rings. The van der Waals surface area contributed by atoms with E-state index in [4.69, 9.17) is 26.1 Å². The molecule has 3 heterocycles. The number of amides is 4. The summed E-state index contributed by atoms with van der Waals surface area (Å²) in [5.41, 5.74) is 1.71. The van der Waals surface area contributed by atoms with Gasteiger partial charge in [0, 0.05) is 23.3 Å². The molecular weight excluding hydrogens is 728 g/mol. The molecule has 0 saturated heterocycles. The number of terminal acetylenes is 1. The first-order valence-corrected chi connectivity index (χ1v) is 18.8. The highest BCUT2D eigenvalue weighted by Gasteiger charge is 2.42. The van der Waals surface area contributed by atoms with Gasteiger partial charge in [-0.1, -0.05) is 18.1 Å². The first kappa shape index (κ1) is 39.7. The molecule has 0 fully saturated rings. The van der Waals surface area contributed by atoms with Crippen LogP contribution in [0.5, 0.6) is 5.75 Å². The summed E-state index contributed by atoms with van der Waals surface area (Å²) in [6.45, 7) is 2.61. The first-order chi connectivity index (χ1) is 24.4. The van der Waals surface area contributed by atoms with Crippen LogP contribution in [0.1, 0.15) is 49.9 Å². The summed E-state index contributed by atoms with van der Waals surface area (Å²) in [4.78, 5) is 77.7. The molecule has 4 aliphatic rings. The van der Waals surface area contributed by atoms with E-state index in [1.54, 1.807) is 38.1 Å². The largest absolute Gasteiger partial charge is 0.481 e. The second kappa shape index (κ2) is 16.0. The third-order valence-electron chi connectivity index (χ3n) is 7.77. The molecule has 3 aliphatic heterocycles. The Balaban J connectivity index is 0.000000198. The van der Waals surface area contributed by atoms with Gasteiger partial charge in [0.05, 0.1) is 42.0 Å².